The van der Waals surface area contributed by atoms with E-state index in [0.29, 0.717) is 23.6 Å². The van der Waals surface area contributed by atoms with E-state index in [1.54, 1.807) is 32.9 Å². The minimum Gasteiger partial charge on any atom is -0.497 e. The Morgan fingerprint density at radius 3 is 2.08 bits per heavy atom. The van der Waals surface area contributed by atoms with E-state index in [1.807, 2.05) is 78.9 Å². The van der Waals surface area contributed by atoms with Crippen molar-refractivity contribution in [3.05, 3.63) is 128 Å². The zero-order valence-electron chi connectivity index (χ0n) is 28.0. The molecule has 4 atom stereocenters. The first-order chi connectivity index (χ1) is 23.2. The highest BCUT2D eigenvalue weighted by Gasteiger charge is 2.47. The number of H-pyrrole nitrogens is 1. The van der Waals surface area contributed by atoms with Crippen LogP contribution in [0.5, 0.6) is 11.5 Å². The van der Waals surface area contributed by atoms with E-state index >= 15 is 0 Å². The summed E-state index contributed by atoms with van der Waals surface area (Å²) in [6.07, 6.45) is 1.30. The molecule has 11 nitrogen and oxygen atoms in total. The predicted octanol–water partition coefficient (Wildman–Crippen LogP) is 5.93. The minimum absolute atomic E-state index is 0.00700. The van der Waals surface area contributed by atoms with Crippen LogP contribution in [-0.2, 0) is 24.2 Å². The van der Waals surface area contributed by atoms with Gasteiger partial charge in [0.15, 0.2) is 0 Å². The monoisotopic (exact) mass is 676 g/mol. The average molecular weight is 677 g/mol. The highest BCUT2D eigenvalue weighted by Crippen LogP contribution is 2.44. The zero-order chi connectivity index (χ0) is 34.3. The Bertz CT molecular complexity index is 1730. The molecule has 5 rings (SSSR count). The van der Waals surface area contributed by atoms with Gasteiger partial charge in [0.1, 0.15) is 35.5 Å². The quantitative estimate of drug-likeness (QED) is 0.121. The molecule has 1 saturated heterocycles. The second-order valence-corrected chi connectivity index (χ2v) is 13.1. The summed E-state index contributed by atoms with van der Waals surface area (Å²) in [6.45, 7) is 4.30. The number of aromatic amines is 1. The summed E-state index contributed by atoms with van der Waals surface area (Å²) in [6, 6.07) is 25.2. The summed E-state index contributed by atoms with van der Waals surface area (Å²) in [5.74, 6) is 1.40. The number of nitrogens with zero attached hydrogens (tertiary/aromatic N) is 2. The third kappa shape index (κ3) is 7.61. The molecule has 0 amide bonds. The average Bonchev–Trinajstić information content (AvgIpc) is 3.51. The summed E-state index contributed by atoms with van der Waals surface area (Å²) in [5.41, 5.74) is 0.712. The highest BCUT2D eigenvalue weighted by molar-refractivity contribution is 7.36. The van der Waals surface area contributed by atoms with Gasteiger partial charge in [0.25, 0.3) is 5.56 Å². The fourth-order valence-corrected chi connectivity index (χ4v) is 6.80. The Kier molecular flexibility index (Phi) is 11.6. The lowest BCUT2D eigenvalue weighted by atomic mass is 9.80. The zero-order valence-corrected chi connectivity index (χ0v) is 28.9. The molecule has 1 aliphatic rings. The summed E-state index contributed by atoms with van der Waals surface area (Å²) in [7, 11) is 2.79. The van der Waals surface area contributed by atoms with Gasteiger partial charge in [0.05, 0.1) is 20.8 Å². The molecule has 1 aliphatic heterocycles. The summed E-state index contributed by atoms with van der Waals surface area (Å²) < 4.78 is 47.0. The van der Waals surface area contributed by atoms with Gasteiger partial charge in [-0.3, -0.25) is 14.3 Å². The number of nitrogens with one attached hydrogen (secondary N) is 1. The van der Waals surface area contributed by atoms with Crippen LogP contribution in [0.25, 0.3) is 0 Å². The van der Waals surface area contributed by atoms with Crippen molar-refractivity contribution in [1.29, 1.82) is 0 Å². The fraction of sp³-hybridized carbons (Fsp3) is 0.389. The molecule has 48 heavy (non-hydrogen) atoms. The molecule has 0 spiro atoms. The van der Waals surface area contributed by atoms with Crippen molar-refractivity contribution >= 4 is 8.18 Å². The molecule has 0 saturated carbocycles. The van der Waals surface area contributed by atoms with Crippen molar-refractivity contribution in [3.63, 3.8) is 0 Å². The molecule has 0 bridgehead atoms. The standard InChI is InChI=1S/C36H42N3O8P/c1-6-7-21-38(3)48(42)47-31-22-33(39-23-25(2)34(40)37-35(39)41)46-32(31)24-45-36(26-11-9-8-10-12-26,27-13-17-29(43-4)18-14-27)28-15-19-30(44-5)20-16-28/h8-20,23,31-33H,6-7,21-22,24H2,1-5H3/p+1/t31-,32+,33+/m0/s1. The molecule has 1 aromatic heterocycles. The van der Waals surface area contributed by atoms with Crippen LogP contribution in [0.4, 0.5) is 0 Å². The van der Waals surface area contributed by atoms with Gasteiger partial charge in [-0.25, -0.2) is 4.79 Å². The third-order valence-corrected chi connectivity index (χ3v) is 9.82. The van der Waals surface area contributed by atoms with Gasteiger partial charge in [0.2, 0.25) is 0 Å². The van der Waals surface area contributed by atoms with Crippen molar-refractivity contribution < 1.29 is 28.0 Å². The van der Waals surface area contributed by atoms with Crippen LogP contribution >= 0.6 is 8.18 Å². The maximum absolute atomic E-state index is 13.4. The molecule has 0 radical (unpaired) electrons. The van der Waals surface area contributed by atoms with Crippen LogP contribution in [0.15, 0.2) is 94.6 Å². The third-order valence-electron chi connectivity index (χ3n) is 8.61. The van der Waals surface area contributed by atoms with Crippen LogP contribution in [0.2, 0.25) is 0 Å². The number of hydrogen-bond donors (Lipinski definition) is 1. The molecule has 4 aromatic rings. The topological polar surface area (TPSA) is 121 Å². The summed E-state index contributed by atoms with van der Waals surface area (Å²) >= 11 is 0. The van der Waals surface area contributed by atoms with Crippen molar-refractivity contribution in [2.75, 3.05) is 34.4 Å². The maximum Gasteiger partial charge on any atom is 0.615 e. The van der Waals surface area contributed by atoms with E-state index in [0.717, 1.165) is 29.5 Å². The normalized spacial score (nSPS) is 18.2. The Labute approximate surface area is 281 Å². The molecule has 0 aliphatic carbocycles. The number of aryl methyl sites for hydroxylation is 1. The summed E-state index contributed by atoms with van der Waals surface area (Å²) in [5, 5.41) is 0. The lowest BCUT2D eigenvalue weighted by molar-refractivity contribution is -0.0915. The van der Waals surface area contributed by atoms with Crippen molar-refractivity contribution in [2.24, 2.45) is 0 Å². The fourth-order valence-electron chi connectivity index (χ4n) is 5.88. The molecular formula is C36H43N3O8P+. The Balaban J connectivity index is 1.56. The second-order valence-electron chi connectivity index (χ2n) is 11.8. The first-order valence-electron chi connectivity index (χ1n) is 16.0. The number of ether oxygens (including phenoxy) is 4. The molecular weight excluding hydrogens is 633 g/mol. The van der Waals surface area contributed by atoms with Crippen LogP contribution in [0.1, 0.15) is 54.7 Å². The molecule has 254 valence electrons. The van der Waals surface area contributed by atoms with E-state index in [4.69, 9.17) is 23.5 Å². The van der Waals surface area contributed by atoms with E-state index < -0.39 is 43.5 Å². The number of unbranched alkanes of at least 4 members (excludes halogenated alkanes) is 1. The van der Waals surface area contributed by atoms with Gasteiger partial charge in [-0.1, -0.05) is 72.6 Å². The first-order valence-corrected chi connectivity index (χ1v) is 17.1. The van der Waals surface area contributed by atoms with Crippen molar-refractivity contribution in [1.82, 2.24) is 14.2 Å². The Morgan fingerprint density at radius 2 is 1.52 bits per heavy atom. The second kappa shape index (κ2) is 15.9. The maximum atomic E-state index is 13.4. The number of rotatable bonds is 15. The molecule has 3 aromatic carbocycles. The first kappa shape index (κ1) is 35.2. The smallest absolute Gasteiger partial charge is 0.497 e. The van der Waals surface area contributed by atoms with E-state index in [9.17, 15) is 14.2 Å². The molecule has 1 N–H and O–H groups in total. The molecule has 1 fully saturated rings. The predicted molar refractivity (Wildman–Crippen MR) is 183 cm³/mol. The van der Waals surface area contributed by atoms with Gasteiger partial charge in [0, 0.05) is 31.8 Å². The largest absolute Gasteiger partial charge is 0.615 e. The number of methoxy groups -OCH3 is 2. The van der Waals surface area contributed by atoms with Gasteiger partial charge in [-0.05, 0) is 58.9 Å². The van der Waals surface area contributed by atoms with Crippen LogP contribution < -0.4 is 20.7 Å². The van der Waals surface area contributed by atoms with Crippen LogP contribution in [-0.4, -0.2) is 60.8 Å². The lowest BCUT2D eigenvalue weighted by Gasteiger charge is -2.37. The Morgan fingerprint density at radius 1 is 0.938 bits per heavy atom. The van der Waals surface area contributed by atoms with Crippen molar-refractivity contribution in [3.8, 4) is 11.5 Å². The van der Waals surface area contributed by atoms with Gasteiger partial charge in [-0.15, -0.1) is 4.52 Å². The minimum atomic E-state index is -2.20. The van der Waals surface area contributed by atoms with E-state index in [2.05, 4.69) is 11.9 Å². The van der Waals surface area contributed by atoms with Gasteiger partial charge in [-0.2, -0.15) is 0 Å². The SMILES string of the molecule is CCCCN(C)[P+](=O)O[C@H]1C[C@H](n2cc(C)c(=O)[nH]c2=O)O[C@@H]1COC(c1ccccc1)(c1ccc(OC)cc1)c1ccc(OC)cc1. The number of hydrogen-bond acceptors (Lipinski definition) is 8. The van der Waals surface area contributed by atoms with Gasteiger partial charge >= 0.3 is 13.9 Å². The molecule has 12 heteroatoms. The van der Waals surface area contributed by atoms with Gasteiger partial charge < -0.3 is 18.9 Å². The highest BCUT2D eigenvalue weighted by atomic mass is 31.1. The molecule has 2 heterocycles. The van der Waals surface area contributed by atoms with E-state index in [-0.39, 0.29) is 13.0 Å². The Hall–Kier alpha value is -4.12. The number of benzene rings is 3. The molecule has 1 unspecified atom stereocenters. The van der Waals surface area contributed by atoms with Crippen LogP contribution in [0, 0.1) is 6.92 Å². The van der Waals surface area contributed by atoms with Crippen molar-refractivity contribution in [2.45, 2.75) is 57.1 Å². The number of aromatic nitrogens is 2. The summed E-state index contributed by atoms with van der Waals surface area (Å²) in [4.78, 5) is 27.4. The lowest BCUT2D eigenvalue weighted by Crippen LogP contribution is -2.38. The van der Waals surface area contributed by atoms with E-state index in [1.165, 1.54) is 10.8 Å². The van der Waals surface area contributed by atoms with Crippen LogP contribution in [0.3, 0.4) is 0 Å².